The molecule has 0 atom stereocenters. The van der Waals surface area contributed by atoms with Gasteiger partial charge in [0.1, 0.15) is 0 Å². The summed E-state index contributed by atoms with van der Waals surface area (Å²) in [6, 6.07) is 3.60. The first-order chi connectivity index (χ1) is 8.78. The third kappa shape index (κ3) is 2.56. The van der Waals surface area contributed by atoms with Crippen LogP contribution in [0.4, 0.5) is 0 Å². The maximum atomic E-state index is 5.23. The van der Waals surface area contributed by atoms with Crippen molar-refractivity contribution in [1.82, 2.24) is 20.2 Å². The van der Waals surface area contributed by atoms with Gasteiger partial charge in [0, 0.05) is 6.07 Å². The quantitative estimate of drug-likeness (QED) is 0.834. The van der Waals surface area contributed by atoms with Crippen molar-refractivity contribution in [2.24, 2.45) is 0 Å². The van der Waals surface area contributed by atoms with Crippen molar-refractivity contribution in [3.05, 3.63) is 12.1 Å². The number of ether oxygens (including phenoxy) is 2. The lowest BCUT2D eigenvalue weighted by Crippen LogP contribution is -1.95. The summed E-state index contributed by atoms with van der Waals surface area (Å²) < 4.78 is 10.3. The second-order valence-corrected chi connectivity index (χ2v) is 4.54. The molecule has 0 aliphatic carbocycles. The van der Waals surface area contributed by atoms with Crippen LogP contribution in [0.1, 0.15) is 6.92 Å². The Labute approximate surface area is 109 Å². The van der Waals surface area contributed by atoms with Crippen molar-refractivity contribution in [1.29, 1.82) is 0 Å². The molecule has 1 N–H and O–H groups in total. The number of nitrogens with zero attached hydrogens (tertiary/aromatic N) is 3. The predicted octanol–water partition coefficient (Wildman–Crippen LogP) is 2.00. The molecule has 0 spiro atoms. The van der Waals surface area contributed by atoms with Gasteiger partial charge in [-0.05, 0) is 11.8 Å². The van der Waals surface area contributed by atoms with E-state index >= 15 is 0 Å². The fourth-order valence-electron chi connectivity index (χ4n) is 1.43. The Bertz CT molecular complexity index is 530. The monoisotopic (exact) mass is 266 g/mol. The first-order valence-electron chi connectivity index (χ1n) is 5.43. The maximum absolute atomic E-state index is 5.23. The molecule has 0 bridgehead atoms. The SMILES string of the molecule is CCSc1n[nH]c(-c2ccc(OC)nc2OC)n1. The highest BCUT2D eigenvalue weighted by Gasteiger charge is 2.13. The fourth-order valence-corrected chi connectivity index (χ4v) is 1.96. The van der Waals surface area contributed by atoms with Crippen LogP contribution in [0.3, 0.4) is 0 Å². The Morgan fingerprint density at radius 3 is 2.72 bits per heavy atom. The van der Waals surface area contributed by atoms with E-state index in [4.69, 9.17) is 9.47 Å². The molecule has 0 radical (unpaired) electrons. The summed E-state index contributed by atoms with van der Waals surface area (Å²) in [5.41, 5.74) is 0.758. The van der Waals surface area contributed by atoms with Gasteiger partial charge in [-0.3, -0.25) is 5.10 Å². The normalized spacial score (nSPS) is 10.4. The first kappa shape index (κ1) is 12.7. The molecule has 18 heavy (non-hydrogen) atoms. The molecule has 0 aliphatic rings. The first-order valence-corrected chi connectivity index (χ1v) is 6.41. The van der Waals surface area contributed by atoms with E-state index in [0.717, 1.165) is 11.3 Å². The highest BCUT2D eigenvalue weighted by atomic mass is 32.2. The van der Waals surface area contributed by atoms with Crippen molar-refractivity contribution >= 4 is 11.8 Å². The van der Waals surface area contributed by atoms with Gasteiger partial charge in [0.05, 0.1) is 19.8 Å². The lowest BCUT2D eigenvalue weighted by molar-refractivity contribution is 0.365. The Kier molecular flexibility index (Phi) is 4.03. The van der Waals surface area contributed by atoms with Crippen LogP contribution in [-0.4, -0.2) is 40.1 Å². The van der Waals surface area contributed by atoms with Crippen LogP contribution in [0.25, 0.3) is 11.4 Å². The number of aromatic amines is 1. The highest BCUT2D eigenvalue weighted by Crippen LogP contribution is 2.28. The molecular weight excluding hydrogens is 252 g/mol. The van der Waals surface area contributed by atoms with Crippen molar-refractivity contribution in [3.63, 3.8) is 0 Å². The minimum Gasteiger partial charge on any atom is -0.481 e. The second kappa shape index (κ2) is 5.72. The smallest absolute Gasteiger partial charge is 0.227 e. The molecule has 0 saturated carbocycles. The van der Waals surface area contributed by atoms with Gasteiger partial charge in [0.15, 0.2) is 5.82 Å². The van der Waals surface area contributed by atoms with Gasteiger partial charge in [-0.2, -0.15) is 4.98 Å². The van der Waals surface area contributed by atoms with Crippen LogP contribution in [0.2, 0.25) is 0 Å². The van der Waals surface area contributed by atoms with E-state index in [1.54, 1.807) is 32.0 Å². The van der Waals surface area contributed by atoms with Gasteiger partial charge in [-0.1, -0.05) is 18.7 Å². The topological polar surface area (TPSA) is 72.9 Å². The van der Waals surface area contributed by atoms with Crippen LogP contribution in [0.5, 0.6) is 11.8 Å². The van der Waals surface area contributed by atoms with Gasteiger partial charge in [0.25, 0.3) is 0 Å². The van der Waals surface area contributed by atoms with Crippen molar-refractivity contribution in [3.8, 4) is 23.1 Å². The van der Waals surface area contributed by atoms with Gasteiger partial charge in [-0.25, -0.2) is 4.98 Å². The van der Waals surface area contributed by atoms with Crippen LogP contribution in [-0.2, 0) is 0 Å². The van der Waals surface area contributed by atoms with Crippen LogP contribution >= 0.6 is 11.8 Å². The summed E-state index contributed by atoms with van der Waals surface area (Å²) in [5, 5.41) is 7.70. The molecule has 96 valence electrons. The third-order valence-corrected chi connectivity index (χ3v) is 2.96. The Morgan fingerprint density at radius 2 is 2.06 bits per heavy atom. The lowest BCUT2D eigenvalue weighted by atomic mass is 10.2. The summed E-state index contributed by atoms with van der Waals surface area (Å²) >= 11 is 1.57. The zero-order valence-corrected chi connectivity index (χ0v) is 11.2. The van der Waals surface area contributed by atoms with Crippen LogP contribution in [0, 0.1) is 0 Å². The summed E-state index contributed by atoms with van der Waals surface area (Å²) in [6.07, 6.45) is 0. The molecule has 2 aromatic heterocycles. The van der Waals surface area contributed by atoms with E-state index < -0.39 is 0 Å². The number of rotatable bonds is 5. The lowest BCUT2D eigenvalue weighted by Gasteiger charge is -2.06. The molecule has 0 aliphatic heterocycles. The van der Waals surface area contributed by atoms with Crippen molar-refractivity contribution in [2.75, 3.05) is 20.0 Å². The van der Waals surface area contributed by atoms with Gasteiger partial charge in [-0.15, -0.1) is 5.10 Å². The van der Waals surface area contributed by atoms with Crippen molar-refractivity contribution in [2.45, 2.75) is 12.1 Å². The third-order valence-electron chi connectivity index (χ3n) is 2.23. The Morgan fingerprint density at radius 1 is 1.22 bits per heavy atom. The summed E-state index contributed by atoms with van der Waals surface area (Å²) in [7, 11) is 3.12. The number of methoxy groups -OCH3 is 2. The van der Waals surface area contributed by atoms with Crippen molar-refractivity contribution < 1.29 is 9.47 Å². The highest BCUT2D eigenvalue weighted by molar-refractivity contribution is 7.99. The number of pyridine rings is 1. The minimum atomic E-state index is 0.457. The number of H-pyrrole nitrogens is 1. The van der Waals surface area contributed by atoms with E-state index in [1.165, 1.54) is 0 Å². The number of nitrogens with one attached hydrogen (secondary N) is 1. The van der Waals surface area contributed by atoms with Gasteiger partial charge in [0.2, 0.25) is 16.9 Å². The zero-order chi connectivity index (χ0) is 13.0. The molecule has 0 unspecified atom stereocenters. The maximum Gasteiger partial charge on any atom is 0.227 e. The number of hydrogen-bond acceptors (Lipinski definition) is 6. The molecule has 2 rings (SSSR count). The molecule has 7 heteroatoms. The standard InChI is InChI=1S/C11H14N4O2S/c1-4-18-11-13-9(14-15-11)7-5-6-8(16-2)12-10(7)17-3/h5-6H,4H2,1-3H3,(H,13,14,15). The van der Waals surface area contributed by atoms with Gasteiger partial charge >= 0.3 is 0 Å². The van der Waals surface area contributed by atoms with Gasteiger partial charge < -0.3 is 9.47 Å². The number of thioether (sulfide) groups is 1. The Hall–Kier alpha value is -1.76. The average Bonchev–Trinajstić information content (AvgIpc) is 2.87. The number of aromatic nitrogens is 4. The summed E-state index contributed by atoms with van der Waals surface area (Å²) in [5.74, 6) is 2.52. The van der Waals surface area contributed by atoms with E-state index in [0.29, 0.717) is 22.7 Å². The zero-order valence-electron chi connectivity index (χ0n) is 10.4. The predicted molar refractivity (Wildman–Crippen MR) is 69.1 cm³/mol. The second-order valence-electron chi connectivity index (χ2n) is 3.31. The summed E-state index contributed by atoms with van der Waals surface area (Å²) in [4.78, 5) is 8.57. The summed E-state index contributed by atoms with van der Waals surface area (Å²) in [6.45, 7) is 2.05. The average molecular weight is 266 g/mol. The Balaban J connectivity index is 2.36. The number of hydrogen-bond donors (Lipinski definition) is 1. The molecule has 2 aromatic rings. The van der Waals surface area contributed by atoms with E-state index in [2.05, 4.69) is 27.1 Å². The van der Waals surface area contributed by atoms with E-state index in [9.17, 15) is 0 Å². The largest absolute Gasteiger partial charge is 0.481 e. The van der Waals surface area contributed by atoms with Crippen LogP contribution < -0.4 is 9.47 Å². The molecular formula is C11H14N4O2S. The van der Waals surface area contributed by atoms with E-state index in [1.807, 2.05) is 6.07 Å². The molecule has 0 saturated heterocycles. The molecule has 6 nitrogen and oxygen atoms in total. The molecule has 0 aromatic carbocycles. The fraction of sp³-hybridized carbons (Fsp3) is 0.364. The van der Waals surface area contributed by atoms with E-state index in [-0.39, 0.29) is 0 Å². The minimum absolute atomic E-state index is 0.457. The molecule has 2 heterocycles. The molecule has 0 fully saturated rings. The molecule has 0 amide bonds. The van der Waals surface area contributed by atoms with Crippen LogP contribution in [0.15, 0.2) is 17.3 Å².